The number of carbonyl (C=O) groups is 1. The van der Waals surface area contributed by atoms with Crippen LogP contribution in [0.3, 0.4) is 0 Å². The number of aromatic nitrogens is 2. The SMILES string of the molecule is CC(=O)OCCOc1cnc(-c2ccc([N+](=O)[O-])o2)nc1. The molecule has 2 rings (SSSR count). The molecular formula is C12H11N3O6. The maximum absolute atomic E-state index is 10.5. The van der Waals surface area contributed by atoms with Gasteiger partial charge in [0.2, 0.25) is 0 Å². The molecule has 0 N–H and O–H groups in total. The van der Waals surface area contributed by atoms with E-state index in [9.17, 15) is 14.9 Å². The zero-order valence-corrected chi connectivity index (χ0v) is 11.0. The predicted molar refractivity (Wildman–Crippen MR) is 68.5 cm³/mol. The molecule has 2 heterocycles. The lowest BCUT2D eigenvalue weighted by molar-refractivity contribution is -0.401. The smallest absolute Gasteiger partial charge is 0.433 e. The molecule has 0 spiro atoms. The zero-order valence-electron chi connectivity index (χ0n) is 11.0. The van der Waals surface area contributed by atoms with E-state index in [-0.39, 0.29) is 36.7 Å². The number of hydrogen-bond acceptors (Lipinski definition) is 8. The van der Waals surface area contributed by atoms with Crippen LogP contribution in [0.4, 0.5) is 5.88 Å². The Hall–Kier alpha value is -2.97. The van der Waals surface area contributed by atoms with Gasteiger partial charge in [-0.1, -0.05) is 0 Å². The number of rotatable bonds is 6. The first-order valence-corrected chi connectivity index (χ1v) is 5.89. The highest BCUT2D eigenvalue weighted by molar-refractivity contribution is 5.65. The van der Waals surface area contributed by atoms with Crippen molar-refractivity contribution in [2.24, 2.45) is 0 Å². The van der Waals surface area contributed by atoms with Crippen LogP contribution in [0, 0.1) is 10.1 Å². The second kappa shape index (κ2) is 6.46. The van der Waals surface area contributed by atoms with Crippen LogP contribution in [-0.2, 0) is 9.53 Å². The molecular weight excluding hydrogens is 282 g/mol. The molecule has 0 unspecified atom stereocenters. The number of furan rings is 1. The van der Waals surface area contributed by atoms with E-state index in [2.05, 4.69) is 9.97 Å². The minimum Gasteiger partial charge on any atom is -0.487 e. The Balaban J connectivity index is 1.94. The van der Waals surface area contributed by atoms with Crippen LogP contribution in [-0.4, -0.2) is 34.1 Å². The molecule has 2 aromatic heterocycles. The van der Waals surface area contributed by atoms with Gasteiger partial charge in [-0.2, -0.15) is 0 Å². The highest BCUT2D eigenvalue weighted by atomic mass is 16.6. The standard InChI is InChI=1S/C12H11N3O6/c1-8(16)19-4-5-20-9-6-13-12(14-7-9)10-2-3-11(21-10)15(17)18/h2-3,6-7H,4-5H2,1H3. The Morgan fingerprint density at radius 2 is 2.05 bits per heavy atom. The average molecular weight is 293 g/mol. The Kier molecular flexibility index (Phi) is 4.44. The van der Waals surface area contributed by atoms with E-state index in [0.717, 1.165) is 0 Å². The lowest BCUT2D eigenvalue weighted by atomic mass is 10.4. The molecule has 0 amide bonds. The third-order valence-electron chi connectivity index (χ3n) is 2.28. The third-order valence-corrected chi connectivity index (χ3v) is 2.28. The van der Waals surface area contributed by atoms with E-state index in [0.29, 0.717) is 5.75 Å². The van der Waals surface area contributed by atoms with Gasteiger partial charge < -0.3 is 13.9 Å². The lowest BCUT2D eigenvalue weighted by Gasteiger charge is -2.05. The van der Waals surface area contributed by atoms with Gasteiger partial charge in [-0.25, -0.2) is 9.97 Å². The average Bonchev–Trinajstić information content (AvgIpc) is 2.94. The summed E-state index contributed by atoms with van der Waals surface area (Å²) in [6, 6.07) is 2.64. The molecule has 0 aliphatic carbocycles. The van der Waals surface area contributed by atoms with Crippen molar-refractivity contribution in [1.29, 1.82) is 0 Å². The zero-order chi connectivity index (χ0) is 15.2. The molecule has 9 nitrogen and oxygen atoms in total. The van der Waals surface area contributed by atoms with Crippen LogP contribution < -0.4 is 4.74 Å². The number of carbonyl (C=O) groups excluding carboxylic acids is 1. The first-order chi connectivity index (χ1) is 10.1. The number of nitro groups is 1. The minimum absolute atomic E-state index is 0.126. The molecule has 0 saturated carbocycles. The summed E-state index contributed by atoms with van der Waals surface area (Å²) in [5, 5.41) is 10.5. The fourth-order valence-electron chi connectivity index (χ4n) is 1.41. The van der Waals surface area contributed by atoms with Crippen LogP contribution in [0.25, 0.3) is 11.6 Å². The molecule has 0 radical (unpaired) electrons. The third kappa shape index (κ3) is 4.00. The Bertz CT molecular complexity index is 637. The summed E-state index contributed by atoms with van der Waals surface area (Å²) >= 11 is 0. The van der Waals surface area contributed by atoms with Crippen LogP contribution in [0.1, 0.15) is 6.92 Å². The van der Waals surface area contributed by atoms with Gasteiger partial charge in [0.1, 0.15) is 18.1 Å². The van der Waals surface area contributed by atoms with E-state index in [1.807, 2.05) is 0 Å². The van der Waals surface area contributed by atoms with Gasteiger partial charge >= 0.3 is 11.9 Å². The fraction of sp³-hybridized carbons (Fsp3) is 0.250. The van der Waals surface area contributed by atoms with E-state index in [4.69, 9.17) is 13.9 Å². The van der Waals surface area contributed by atoms with Crippen LogP contribution in [0.5, 0.6) is 5.75 Å². The summed E-state index contributed by atoms with van der Waals surface area (Å²) < 4.78 is 14.9. The van der Waals surface area contributed by atoms with E-state index < -0.39 is 4.92 Å². The number of hydrogen-bond donors (Lipinski definition) is 0. The summed E-state index contributed by atoms with van der Waals surface area (Å²) in [5.41, 5.74) is 0. The maximum Gasteiger partial charge on any atom is 0.433 e. The Labute approximate surface area is 118 Å². The van der Waals surface area contributed by atoms with E-state index in [1.54, 1.807) is 0 Å². The highest BCUT2D eigenvalue weighted by Crippen LogP contribution is 2.23. The first-order valence-electron chi connectivity index (χ1n) is 5.89. The van der Waals surface area contributed by atoms with Crippen molar-refractivity contribution in [3.8, 4) is 17.3 Å². The molecule has 2 aromatic rings. The van der Waals surface area contributed by atoms with Crippen LogP contribution >= 0.6 is 0 Å². The van der Waals surface area contributed by atoms with Gasteiger partial charge in [-0.3, -0.25) is 14.9 Å². The first kappa shape index (κ1) is 14.4. The molecule has 9 heteroatoms. The molecule has 0 aliphatic heterocycles. The second-order valence-corrected chi connectivity index (χ2v) is 3.83. The van der Waals surface area contributed by atoms with Gasteiger partial charge in [0, 0.05) is 6.92 Å². The molecule has 0 bridgehead atoms. The minimum atomic E-state index is -0.643. The van der Waals surface area contributed by atoms with Crippen molar-refractivity contribution in [3.63, 3.8) is 0 Å². The van der Waals surface area contributed by atoms with Gasteiger partial charge in [0.05, 0.1) is 18.5 Å². The summed E-state index contributed by atoms with van der Waals surface area (Å²) in [7, 11) is 0. The normalized spacial score (nSPS) is 10.1. The molecule has 0 saturated heterocycles. The van der Waals surface area contributed by atoms with Crippen molar-refractivity contribution in [1.82, 2.24) is 9.97 Å². The van der Waals surface area contributed by atoms with Crippen molar-refractivity contribution in [2.45, 2.75) is 6.92 Å². The Morgan fingerprint density at radius 1 is 1.33 bits per heavy atom. The van der Waals surface area contributed by atoms with Crippen LogP contribution in [0.15, 0.2) is 28.9 Å². The van der Waals surface area contributed by atoms with Crippen LogP contribution in [0.2, 0.25) is 0 Å². The van der Waals surface area contributed by atoms with Gasteiger partial charge in [0.25, 0.3) is 0 Å². The van der Waals surface area contributed by atoms with Gasteiger partial charge in [-0.15, -0.1) is 0 Å². The number of nitrogens with zero attached hydrogens (tertiary/aromatic N) is 3. The molecule has 110 valence electrons. The maximum atomic E-state index is 10.5. The molecule has 0 aromatic carbocycles. The number of ether oxygens (including phenoxy) is 2. The second-order valence-electron chi connectivity index (χ2n) is 3.83. The summed E-state index contributed by atoms with van der Waals surface area (Å²) in [6.07, 6.45) is 2.79. The fourth-order valence-corrected chi connectivity index (χ4v) is 1.41. The topological polar surface area (TPSA) is 118 Å². The van der Waals surface area contributed by atoms with Gasteiger partial charge in [-0.05, 0) is 6.07 Å². The van der Waals surface area contributed by atoms with E-state index >= 15 is 0 Å². The summed E-state index contributed by atoms with van der Waals surface area (Å²) in [4.78, 5) is 28.4. The molecule has 21 heavy (non-hydrogen) atoms. The molecule has 0 fully saturated rings. The van der Waals surface area contributed by atoms with Crippen molar-refractivity contribution in [2.75, 3.05) is 13.2 Å². The number of esters is 1. The predicted octanol–water partition coefficient (Wildman–Crippen LogP) is 1.59. The summed E-state index contributed by atoms with van der Waals surface area (Å²) in [5.74, 6) is 0.00970. The van der Waals surface area contributed by atoms with Gasteiger partial charge in [0.15, 0.2) is 17.3 Å². The van der Waals surface area contributed by atoms with E-state index in [1.165, 1.54) is 31.5 Å². The molecule has 0 atom stereocenters. The van der Waals surface area contributed by atoms with Crippen molar-refractivity contribution < 1.29 is 23.6 Å². The lowest BCUT2D eigenvalue weighted by Crippen LogP contribution is -2.09. The molecule has 0 aliphatic rings. The monoisotopic (exact) mass is 293 g/mol. The van der Waals surface area contributed by atoms with Crippen molar-refractivity contribution in [3.05, 3.63) is 34.6 Å². The van der Waals surface area contributed by atoms with Crippen molar-refractivity contribution >= 4 is 11.9 Å². The Morgan fingerprint density at radius 3 is 2.62 bits per heavy atom. The largest absolute Gasteiger partial charge is 0.487 e. The highest BCUT2D eigenvalue weighted by Gasteiger charge is 2.14. The quantitative estimate of drug-likeness (QED) is 0.341. The summed E-state index contributed by atoms with van der Waals surface area (Å²) in [6.45, 7) is 1.61.